The van der Waals surface area contributed by atoms with Crippen LogP contribution in [0.3, 0.4) is 0 Å². The Hall–Kier alpha value is -2.35. The molecule has 148 valence electrons. The molecule has 2 fully saturated rings. The van der Waals surface area contributed by atoms with Gasteiger partial charge in [-0.15, -0.1) is 0 Å². The van der Waals surface area contributed by atoms with E-state index in [4.69, 9.17) is 13.9 Å². The molecule has 1 aromatic heterocycles. The van der Waals surface area contributed by atoms with Crippen LogP contribution in [-0.4, -0.2) is 68.6 Å². The lowest BCUT2D eigenvalue weighted by molar-refractivity contribution is -0.139. The molecule has 3 heterocycles. The summed E-state index contributed by atoms with van der Waals surface area (Å²) < 4.78 is 15.3. The molecule has 3 rings (SSSR count). The average Bonchev–Trinajstić information content (AvgIpc) is 2.68. The van der Waals surface area contributed by atoms with Gasteiger partial charge in [0.15, 0.2) is 5.76 Å². The number of amides is 2. The minimum atomic E-state index is -0.382. The molecule has 0 N–H and O–H groups in total. The predicted molar refractivity (Wildman–Crippen MR) is 96.8 cm³/mol. The SMILES string of the molecule is COCCN1C[C@]2(CCCN(C(=O)c3cc(=O)c(OC)co3)C2)CCC1=O. The minimum Gasteiger partial charge on any atom is -0.490 e. The van der Waals surface area contributed by atoms with Crippen LogP contribution in [0.2, 0.25) is 0 Å². The van der Waals surface area contributed by atoms with Crippen molar-refractivity contribution in [2.75, 3.05) is 47.0 Å². The lowest BCUT2D eigenvalue weighted by Crippen LogP contribution is -2.55. The molecule has 0 aliphatic carbocycles. The third-order valence-electron chi connectivity index (χ3n) is 5.49. The Balaban J connectivity index is 1.73. The van der Waals surface area contributed by atoms with Gasteiger partial charge in [-0.3, -0.25) is 14.4 Å². The molecule has 1 atom stereocenters. The van der Waals surface area contributed by atoms with E-state index in [1.807, 2.05) is 4.90 Å². The standard InChI is InChI=1S/C19H26N2O6/c1-25-9-8-20-12-19(6-4-17(20)23)5-3-7-21(13-19)18(24)15-10-14(22)16(26-2)11-27-15/h10-11H,3-9,12-13H2,1-2H3/t19-/m0/s1. The number of carbonyl (C=O) groups is 2. The highest BCUT2D eigenvalue weighted by Crippen LogP contribution is 2.39. The van der Waals surface area contributed by atoms with Crippen LogP contribution in [0, 0.1) is 5.41 Å². The van der Waals surface area contributed by atoms with Crippen LogP contribution >= 0.6 is 0 Å². The van der Waals surface area contributed by atoms with Crippen LogP contribution in [0.5, 0.6) is 5.75 Å². The fourth-order valence-electron chi connectivity index (χ4n) is 4.04. The maximum Gasteiger partial charge on any atom is 0.289 e. The van der Waals surface area contributed by atoms with Crippen LogP contribution in [-0.2, 0) is 9.53 Å². The van der Waals surface area contributed by atoms with Crippen LogP contribution < -0.4 is 10.2 Å². The summed E-state index contributed by atoms with van der Waals surface area (Å²) in [4.78, 5) is 40.5. The highest BCUT2D eigenvalue weighted by molar-refractivity contribution is 5.91. The predicted octanol–water partition coefficient (Wildman–Crippen LogP) is 1.14. The van der Waals surface area contributed by atoms with E-state index in [2.05, 4.69) is 0 Å². The molecule has 2 saturated heterocycles. The van der Waals surface area contributed by atoms with Gasteiger partial charge in [0.25, 0.3) is 5.91 Å². The molecule has 8 heteroatoms. The highest BCUT2D eigenvalue weighted by Gasteiger charge is 2.43. The van der Waals surface area contributed by atoms with Gasteiger partial charge in [0.2, 0.25) is 17.1 Å². The number of nitrogens with zero attached hydrogens (tertiary/aromatic N) is 2. The Bertz CT molecular complexity index is 761. The Labute approximate surface area is 158 Å². The zero-order chi connectivity index (χ0) is 19.4. The van der Waals surface area contributed by atoms with Crippen molar-refractivity contribution in [3.63, 3.8) is 0 Å². The molecule has 2 aliphatic rings. The fourth-order valence-corrected chi connectivity index (χ4v) is 4.04. The highest BCUT2D eigenvalue weighted by atomic mass is 16.5. The van der Waals surface area contributed by atoms with E-state index < -0.39 is 0 Å². The van der Waals surface area contributed by atoms with Gasteiger partial charge in [-0.2, -0.15) is 0 Å². The van der Waals surface area contributed by atoms with Crippen molar-refractivity contribution in [3.8, 4) is 5.75 Å². The van der Waals surface area contributed by atoms with Gasteiger partial charge in [0, 0.05) is 51.2 Å². The second-order valence-corrected chi connectivity index (χ2v) is 7.32. The van der Waals surface area contributed by atoms with E-state index in [-0.39, 0.29) is 34.2 Å². The number of hydrogen-bond donors (Lipinski definition) is 0. The van der Waals surface area contributed by atoms with Crippen molar-refractivity contribution >= 4 is 11.8 Å². The number of ether oxygens (including phenoxy) is 2. The molecule has 0 saturated carbocycles. The molecule has 2 aliphatic heterocycles. The summed E-state index contributed by atoms with van der Waals surface area (Å²) >= 11 is 0. The van der Waals surface area contributed by atoms with Gasteiger partial charge in [-0.1, -0.05) is 0 Å². The average molecular weight is 378 g/mol. The number of likely N-dealkylation sites (tertiary alicyclic amines) is 2. The van der Waals surface area contributed by atoms with Crippen LogP contribution in [0.25, 0.3) is 0 Å². The monoisotopic (exact) mass is 378 g/mol. The van der Waals surface area contributed by atoms with E-state index in [0.29, 0.717) is 39.2 Å². The Morgan fingerprint density at radius 2 is 2.07 bits per heavy atom. The molecular weight excluding hydrogens is 352 g/mol. The molecule has 0 unspecified atom stereocenters. The molecule has 0 aromatic carbocycles. The summed E-state index contributed by atoms with van der Waals surface area (Å²) in [6.45, 7) is 2.87. The maximum absolute atomic E-state index is 12.8. The largest absolute Gasteiger partial charge is 0.490 e. The van der Waals surface area contributed by atoms with Gasteiger partial charge in [0.1, 0.15) is 6.26 Å². The van der Waals surface area contributed by atoms with Gasteiger partial charge in [-0.05, 0) is 19.3 Å². The fraction of sp³-hybridized carbons (Fsp3) is 0.632. The number of rotatable bonds is 5. The van der Waals surface area contributed by atoms with Gasteiger partial charge >= 0.3 is 0 Å². The Morgan fingerprint density at radius 3 is 2.78 bits per heavy atom. The lowest BCUT2D eigenvalue weighted by atomic mass is 9.73. The van der Waals surface area contributed by atoms with Crippen LogP contribution in [0.1, 0.15) is 36.2 Å². The number of carbonyl (C=O) groups excluding carboxylic acids is 2. The van der Waals surface area contributed by atoms with E-state index in [0.717, 1.165) is 19.3 Å². The first-order valence-electron chi connectivity index (χ1n) is 9.21. The normalized spacial score (nSPS) is 23.0. The van der Waals surface area contributed by atoms with Gasteiger partial charge < -0.3 is 23.7 Å². The van der Waals surface area contributed by atoms with E-state index >= 15 is 0 Å². The summed E-state index contributed by atoms with van der Waals surface area (Å²) in [5, 5.41) is 0. The summed E-state index contributed by atoms with van der Waals surface area (Å²) in [6, 6.07) is 1.18. The molecule has 0 bridgehead atoms. The third-order valence-corrected chi connectivity index (χ3v) is 5.49. The van der Waals surface area contributed by atoms with Crippen molar-refractivity contribution in [2.24, 2.45) is 5.41 Å². The van der Waals surface area contributed by atoms with E-state index in [1.54, 1.807) is 12.0 Å². The number of piperidine rings is 2. The number of hydrogen-bond acceptors (Lipinski definition) is 6. The minimum absolute atomic E-state index is 0.0148. The van der Waals surface area contributed by atoms with Crippen LogP contribution in [0.4, 0.5) is 0 Å². The summed E-state index contributed by atoms with van der Waals surface area (Å²) in [5.74, 6) is -0.0707. The van der Waals surface area contributed by atoms with Crippen LogP contribution in [0.15, 0.2) is 21.5 Å². The van der Waals surface area contributed by atoms with Crippen molar-refractivity contribution in [2.45, 2.75) is 25.7 Å². The quantitative estimate of drug-likeness (QED) is 0.763. The first-order chi connectivity index (χ1) is 13.0. The summed E-state index contributed by atoms with van der Waals surface area (Å²) in [7, 11) is 3.00. The molecule has 1 spiro atoms. The molecule has 1 aromatic rings. The van der Waals surface area contributed by atoms with Gasteiger partial charge in [-0.25, -0.2) is 0 Å². The zero-order valence-corrected chi connectivity index (χ0v) is 15.9. The Kier molecular flexibility index (Phi) is 5.84. The van der Waals surface area contributed by atoms with Crippen molar-refractivity contribution in [1.82, 2.24) is 9.80 Å². The summed E-state index contributed by atoms with van der Waals surface area (Å²) in [5.41, 5.74) is -0.490. The maximum atomic E-state index is 12.8. The topological polar surface area (TPSA) is 89.3 Å². The first-order valence-corrected chi connectivity index (χ1v) is 9.21. The zero-order valence-electron chi connectivity index (χ0n) is 15.9. The first kappa shape index (κ1) is 19.4. The van der Waals surface area contributed by atoms with Crippen molar-refractivity contribution < 1.29 is 23.5 Å². The molecular formula is C19H26N2O6. The second-order valence-electron chi connectivity index (χ2n) is 7.32. The van der Waals surface area contributed by atoms with Crippen molar-refractivity contribution in [3.05, 3.63) is 28.3 Å². The van der Waals surface area contributed by atoms with Crippen molar-refractivity contribution in [1.29, 1.82) is 0 Å². The second kappa shape index (κ2) is 8.12. The summed E-state index contributed by atoms with van der Waals surface area (Å²) in [6.07, 6.45) is 4.26. The lowest BCUT2D eigenvalue weighted by Gasteiger charge is -2.48. The number of methoxy groups -OCH3 is 2. The van der Waals surface area contributed by atoms with E-state index in [9.17, 15) is 14.4 Å². The van der Waals surface area contributed by atoms with Gasteiger partial charge in [0.05, 0.1) is 13.7 Å². The molecule has 8 nitrogen and oxygen atoms in total. The smallest absolute Gasteiger partial charge is 0.289 e. The molecule has 0 radical (unpaired) electrons. The Morgan fingerprint density at radius 1 is 1.26 bits per heavy atom. The third kappa shape index (κ3) is 4.16. The molecule has 27 heavy (non-hydrogen) atoms. The molecule has 2 amide bonds. The van der Waals surface area contributed by atoms with E-state index in [1.165, 1.54) is 19.4 Å².